The van der Waals surface area contributed by atoms with Crippen molar-refractivity contribution in [2.24, 2.45) is 5.73 Å². The first-order chi connectivity index (χ1) is 7.91. The molecule has 0 aliphatic heterocycles. The fraction of sp³-hybridized carbons (Fsp3) is 0.200. The Bertz CT molecular complexity index is 433. The third kappa shape index (κ3) is 3.60. The standard InChI is InChI=1S/C10H11ClFN3O2/c1-5(9(16)15-10(13)17)14-8-6(11)3-2-4-7(8)12/h2-5,14H,1H3,(H3,13,15,16,17). The maximum atomic E-state index is 13.4. The van der Waals surface area contributed by atoms with Crippen LogP contribution in [0.25, 0.3) is 0 Å². The minimum absolute atomic E-state index is 0.00119. The normalized spacial score (nSPS) is 11.7. The Morgan fingerprint density at radius 1 is 1.47 bits per heavy atom. The molecule has 0 radical (unpaired) electrons. The number of halogens is 2. The van der Waals surface area contributed by atoms with Crippen LogP contribution >= 0.6 is 11.6 Å². The number of nitrogens with two attached hydrogens (primary N) is 1. The van der Waals surface area contributed by atoms with Crippen molar-refractivity contribution in [3.8, 4) is 0 Å². The molecular formula is C10H11ClFN3O2. The highest BCUT2D eigenvalue weighted by Crippen LogP contribution is 2.25. The molecule has 1 atom stereocenters. The summed E-state index contributed by atoms with van der Waals surface area (Å²) in [6.07, 6.45) is 0. The fourth-order valence-corrected chi connectivity index (χ4v) is 1.37. The average molecular weight is 260 g/mol. The first kappa shape index (κ1) is 13.2. The van der Waals surface area contributed by atoms with E-state index >= 15 is 0 Å². The molecule has 0 aliphatic carbocycles. The zero-order chi connectivity index (χ0) is 13.0. The van der Waals surface area contributed by atoms with Gasteiger partial charge >= 0.3 is 6.03 Å². The van der Waals surface area contributed by atoms with Gasteiger partial charge in [0.2, 0.25) is 5.91 Å². The monoisotopic (exact) mass is 259 g/mol. The van der Waals surface area contributed by atoms with E-state index in [1.54, 1.807) is 0 Å². The third-order valence-corrected chi connectivity index (χ3v) is 2.28. The van der Waals surface area contributed by atoms with Gasteiger partial charge < -0.3 is 11.1 Å². The van der Waals surface area contributed by atoms with Gasteiger partial charge in [-0.1, -0.05) is 17.7 Å². The number of carbonyl (C=O) groups is 2. The maximum Gasteiger partial charge on any atom is 0.318 e. The van der Waals surface area contributed by atoms with E-state index in [0.29, 0.717) is 0 Å². The lowest BCUT2D eigenvalue weighted by Gasteiger charge is -2.15. The number of hydrogen-bond donors (Lipinski definition) is 3. The Morgan fingerprint density at radius 2 is 2.12 bits per heavy atom. The van der Waals surface area contributed by atoms with Crippen molar-refractivity contribution >= 4 is 29.2 Å². The summed E-state index contributed by atoms with van der Waals surface area (Å²) in [5.41, 5.74) is 4.79. The second-order valence-corrected chi connectivity index (χ2v) is 3.72. The van der Waals surface area contributed by atoms with Crippen molar-refractivity contribution in [3.63, 3.8) is 0 Å². The van der Waals surface area contributed by atoms with Crippen LogP contribution in [0.1, 0.15) is 6.92 Å². The first-order valence-electron chi connectivity index (χ1n) is 4.72. The molecule has 1 aromatic carbocycles. The van der Waals surface area contributed by atoms with E-state index in [9.17, 15) is 14.0 Å². The summed E-state index contributed by atoms with van der Waals surface area (Å²) in [7, 11) is 0. The van der Waals surface area contributed by atoms with E-state index in [1.807, 2.05) is 5.32 Å². The van der Waals surface area contributed by atoms with Gasteiger partial charge in [-0.2, -0.15) is 0 Å². The molecule has 0 spiro atoms. The Morgan fingerprint density at radius 3 is 2.65 bits per heavy atom. The molecule has 0 aliphatic rings. The highest BCUT2D eigenvalue weighted by Gasteiger charge is 2.17. The molecule has 0 saturated carbocycles. The summed E-state index contributed by atoms with van der Waals surface area (Å²) in [4.78, 5) is 21.8. The van der Waals surface area contributed by atoms with Crippen LogP contribution in [0.2, 0.25) is 5.02 Å². The predicted molar refractivity (Wildman–Crippen MR) is 62.2 cm³/mol. The Labute approximate surface area is 102 Å². The van der Waals surface area contributed by atoms with E-state index in [0.717, 1.165) is 0 Å². The SMILES string of the molecule is CC(Nc1c(F)cccc1Cl)C(=O)NC(N)=O. The zero-order valence-electron chi connectivity index (χ0n) is 8.96. The first-order valence-corrected chi connectivity index (χ1v) is 5.10. The maximum absolute atomic E-state index is 13.4. The van der Waals surface area contributed by atoms with Crippen LogP contribution in [-0.4, -0.2) is 18.0 Å². The molecule has 1 rings (SSSR count). The van der Waals surface area contributed by atoms with Gasteiger partial charge in [0.25, 0.3) is 0 Å². The second-order valence-electron chi connectivity index (χ2n) is 3.32. The van der Waals surface area contributed by atoms with Crippen LogP contribution in [0.3, 0.4) is 0 Å². The summed E-state index contributed by atoms with van der Waals surface area (Å²) in [5, 5.41) is 4.57. The summed E-state index contributed by atoms with van der Waals surface area (Å²) in [6, 6.07) is 2.30. The van der Waals surface area contributed by atoms with Gasteiger partial charge in [0.1, 0.15) is 11.9 Å². The van der Waals surface area contributed by atoms with Gasteiger partial charge in [-0.05, 0) is 19.1 Å². The molecule has 0 aromatic heterocycles. The number of rotatable bonds is 3. The van der Waals surface area contributed by atoms with Crippen molar-refractivity contribution in [1.29, 1.82) is 0 Å². The summed E-state index contributed by atoms with van der Waals surface area (Å²) in [6.45, 7) is 1.45. The molecule has 0 fully saturated rings. The molecule has 4 N–H and O–H groups in total. The molecule has 92 valence electrons. The minimum atomic E-state index is -0.969. The third-order valence-electron chi connectivity index (χ3n) is 1.96. The van der Waals surface area contributed by atoms with E-state index in [2.05, 4.69) is 5.32 Å². The Balaban J connectivity index is 2.77. The second kappa shape index (κ2) is 5.49. The summed E-state index contributed by atoms with van der Waals surface area (Å²) < 4.78 is 13.4. The van der Waals surface area contributed by atoms with Crippen LogP contribution in [0.5, 0.6) is 0 Å². The van der Waals surface area contributed by atoms with Crippen LogP contribution in [0.15, 0.2) is 18.2 Å². The highest BCUT2D eigenvalue weighted by atomic mass is 35.5. The number of amides is 3. The number of primary amides is 1. The number of urea groups is 1. The van der Waals surface area contributed by atoms with Crippen LogP contribution in [-0.2, 0) is 4.79 Å². The number of nitrogens with one attached hydrogen (secondary N) is 2. The van der Waals surface area contributed by atoms with Gasteiger partial charge in [-0.25, -0.2) is 9.18 Å². The fourth-order valence-electron chi connectivity index (χ4n) is 1.15. The number of para-hydroxylation sites is 1. The zero-order valence-corrected chi connectivity index (χ0v) is 9.72. The van der Waals surface area contributed by atoms with E-state index in [-0.39, 0.29) is 10.7 Å². The van der Waals surface area contributed by atoms with Gasteiger partial charge in [0.05, 0.1) is 10.7 Å². The average Bonchev–Trinajstić information content (AvgIpc) is 2.22. The quantitative estimate of drug-likeness (QED) is 0.769. The van der Waals surface area contributed by atoms with E-state index in [4.69, 9.17) is 17.3 Å². The number of anilines is 1. The lowest BCUT2D eigenvalue weighted by Crippen LogP contribution is -2.43. The summed E-state index contributed by atoms with van der Waals surface area (Å²) >= 11 is 5.76. The van der Waals surface area contributed by atoms with E-state index in [1.165, 1.54) is 25.1 Å². The number of imide groups is 1. The van der Waals surface area contributed by atoms with Gasteiger partial charge in [0.15, 0.2) is 0 Å². The Kier molecular flexibility index (Phi) is 4.28. The van der Waals surface area contributed by atoms with Crippen molar-refractivity contribution in [3.05, 3.63) is 29.0 Å². The molecular weight excluding hydrogens is 249 g/mol. The van der Waals surface area contributed by atoms with Crippen LogP contribution in [0, 0.1) is 5.82 Å². The molecule has 1 unspecified atom stereocenters. The largest absolute Gasteiger partial charge is 0.370 e. The topological polar surface area (TPSA) is 84.2 Å². The lowest BCUT2D eigenvalue weighted by atomic mass is 10.2. The number of benzene rings is 1. The molecule has 0 bridgehead atoms. The molecule has 5 nitrogen and oxygen atoms in total. The van der Waals surface area contributed by atoms with Gasteiger partial charge in [-0.15, -0.1) is 0 Å². The summed E-state index contributed by atoms with van der Waals surface area (Å²) in [5.74, 6) is -1.26. The molecule has 0 heterocycles. The van der Waals surface area contributed by atoms with Crippen LogP contribution in [0.4, 0.5) is 14.9 Å². The molecule has 7 heteroatoms. The van der Waals surface area contributed by atoms with E-state index < -0.39 is 23.8 Å². The molecule has 0 saturated heterocycles. The minimum Gasteiger partial charge on any atom is -0.370 e. The molecule has 1 aromatic rings. The Hall–Kier alpha value is -1.82. The number of carbonyl (C=O) groups excluding carboxylic acids is 2. The van der Waals surface area contributed by atoms with Crippen LogP contribution < -0.4 is 16.4 Å². The van der Waals surface area contributed by atoms with Crippen molar-refractivity contribution in [2.75, 3.05) is 5.32 Å². The molecule has 17 heavy (non-hydrogen) atoms. The smallest absolute Gasteiger partial charge is 0.318 e. The van der Waals surface area contributed by atoms with Gasteiger partial charge in [0, 0.05) is 0 Å². The molecule has 3 amide bonds. The van der Waals surface area contributed by atoms with Crippen molar-refractivity contribution in [2.45, 2.75) is 13.0 Å². The van der Waals surface area contributed by atoms with Crippen molar-refractivity contribution in [1.82, 2.24) is 5.32 Å². The van der Waals surface area contributed by atoms with Crippen molar-refractivity contribution < 1.29 is 14.0 Å². The van der Waals surface area contributed by atoms with Gasteiger partial charge in [-0.3, -0.25) is 10.1 Å². The lowest BCUT2D eigenvalue weighted by molar-refractivity contribution is -0.120. The predicted octanol–water partition coefficient (Wildman–Crippen LogP) is 1.47. The number of hydrogen-bond acceptors (Lipinski definition) is 3. The highest BCUT2D eigenvalue weighted by molar-refractivity contribution is 6.33.